The first kappa shape index (κ1) is 19.7. The van der Waals surface area contributed by atoms with Crippen molar-refractivity contribution in [2.24, 2.45) is 5.92 Å². The molecule has 1 N–H and O–H groups in total. The van der Waals surface area contributed by atoms with Gasteiger partial charge in [0.05, 0.1) is 16.5 Å². The summed E-state index contributed by atoms with van der Waals surface area (Å²) in [6.45, 7) is 0.862. The molecule has 8 heteroatoms. The number of benzene rings is 1. The lowest BCUT2D eigenvalue weighted by Gasteiger charge is -2.31. The van der Waals surface area contributed by atoms with Crippen LogP contribution in [0, 0.1) is 5.92 Å². The largest absolute Gasteiger partial charge is 0.417 e. The van der Waals surface area contributed by atoms with Crippen molar-refractivity contribution in [1.29, 1.82) is 0 Å². The van der Waals surface area contributed by atoms with E-state index < -0.39 is 11.7 Å². The minimum Gasteiger partial charge on any atom is -0.353 e. The standard InChI is InChI=1S/C19H20ClF3N2O2/c20-16-7-3-12(10-15(16)19(21,22)23)4-8-17(26)25-9-1-2-13(11-25)18(27)24-14-5-6-14/h3-4,7-8,10,13-14H,1-2,5-6,9,11H2,(H,24,27). The Morgan fingerprint density at radius 1 is 1.22 bits per heavy atom. The van der Waals surface area contributed by atoms with E-state index in [1.807, 2.05) is 0 Å². The van der Waals surface area contributed by atoms with Crippen molar-refractivity contribution in [3.63, 3.8) is 0 Å². The van der Waals surface area contributed by atoms with Crippen molar-refractivity contribution in [2.45, 2.75) is 37.9 Å². The molecule has 1 aromatic carbocycles. The topological polar surface area (TPSA) is 49.4 Å². The van der Waals surface area contributed by atoms with Crippen molar-refractivity contribution in [3.05, 3.63) is 40.4 Å². The summed E-state index contributed by atoms with van der Waals surface area (Å²) in [5.74, 6) is -0.571. The number of amides is 2. The van der Waals surface area contributed by atoms with Gasteiger partial charge in [-0.15, -0.1) is 0 Å². The number of piperidine rings is 1. The third-order valence-corrected chi connectivity index (χ3v) is 5.07. The number of halogens is 4. The summed E-state index contributed by atoms with van der Waals surface area (Å²) in [5, 5.41) is 2.57. The highest BCUT2D eigenvalue weighted by molar-refractivity contribution is 6.31. The Morgan fingerprint density at radius 3 is 2.63 bits per heavy atom. The molecule has 1 unspecified atom stereocenters. The van der Waals surface area contributed by atoms with E-state index in [-0.39, 0.29) is 34.4 Å². The Morgan fingerprint density at radius 2 is 1.96 bits per heavy atom. The van der Waals surface area contributed by atoms with E-state index in [1.165, 1.54) is 18.2 Å². The number of hydrogen-bond donors (Lipinski definition) is 1. The van der Waals surface area contributed by atoms with Crippen LogP contribution in [-0.4, -0.2) is 35.8 Å². The minimum atomic E-state index is -4.56. The van der Waals surface area contributed by atoms with Crippen LogP contribution in [0.1, 0.15) is 36.8 Å². The maximum Gasteiger partial charge on any atom is 0.417 e. The molecule has 1 saturated heterocycles. The van der Waals surface area contributed by atoms with Gasteiger partial charge < -0.3 is 10.2 Å². The molecule has 2 aliphatic rings. The van der Waals surface area contributed by atoms with Crippen LogP contribution < -0.4 is 5.32 Å². The molecule has 146 valence electrons. The molecule has 0 bridgehead atoms. The predicted octanol–water partition coefficient (Wildman–Crippen LogP) is 3.89. The summed E-state index contributed by atoms with van der Waals surface area (Å²) in [6, 6.07) is 3.77. The Kier molecular flexibility index (Phi) is 5.79. The highest BCUT2D eigenvalue weighted by atomic mass is 35.5. The summed E-state index contributed by atoms with van der Waals surface area (Å²) < 4.78 is 38.7. The zero-order chi connectivity index (χ0) is 19.6. The molecular formula is C19H20ClF3N2O2. The van der Waals surface area contributed by atoms with Gasteiger partial charge in [-0.3, -0.25) is 9.59 Å². The van der Waals surface area contributed by atoms with Crippen molar-refractivity contribution >= 4 is 29.5 Å². The van der Waals surface area contributed by atoms with Gasteiger partial charge in [0.25, 0.3) is 0 Å². The summed E-state index contributed by atoms with van der Waals surface area (Å²) in [4.78, 5) is 26.1. The first-order valence-corrected chi connectivity index (χ1v) is 9.26. The number of alkyl halides is 3. The fourth-order valence-corrected chi connectivity index (χ4v) is 3.30. The maximum absolute atomic E-state index is 12.9. The molecule has 2 fully saturated rings. The van der Waals surface area contributed by atoms with E-state index in [1.54, 1.807) is 4.90 Å². The average Bonchev–Trinajstić information content (AvgIpc) is 3.44. The highest BCUT2D eigenvalue weighted by Crippen LogP contribution is 2.35. The van der Waals surface area contributed by atoms with Crippen LogP contribution >= 0.6 is 11.6 Å². The van der Waals surface area contributed by atoms with Gasteiger partial charge in [0, 0.05) is 25.2 Å². The zero-order valence-electron chi connectivity index (χ0n) is 14.6. The second-order valence-electron chi connectivity index (χ2n) is 6.98. The quantitative estimate of drug-likeness (QED) is 0.779. The lowest BCUT2D eigenvalue weighted by atomic mass is 9.97. The molecule has 1 atom stereocenters. The number of nitrogens with zero attached hydrogens (tertiary/aromatic N) is 1. The molecule has 3 rings (SSSR count). The molecule has 1 aromatic rings. The Labute approximate surface area is 160 Å². The summed E-state index contributed by atoms with van der Waals surface area (Å²) in [7, 11) is 0. The lowest BCUT2D eigenvalue weighted by Crippen LogP contribution is -2.45. The first-order chi connectivity index (χ1) is 12.7. The molecule has 4 nitrogen and oxygen atoms in total. The molecule has 1 heterocycles. The third kappa shape index (κ3) is 5.25. The van der Waals surface area contributed by atoms with Crippen LogP contribution in [0.2, 0.25) is 5.02 Å². The second-order valence-corrected chi connectivity index (χ2v) is 7.38. The SMILES string of the molecule is O=C(NC1CC1)C1CCCN(C(=O)C=Cc2ccc(Cl)c(C(F)(F)F)c2)C1. The smallest absolute Gasteiger partial charge is 0.353 e. The van der Waals surface area contributed by atoms with Crippen LogP contribution in [0.5, 0.6) is 0 Å². The van der Waals surface area contributed by atoms with Crippen LogP contribution in [0.25, 0.3) is 6.08 Å². The van der Waals surface area contributed by atoms with E-state index >= 15 is 0 Å². The highest BCUT2D eigenvalue weighted by Gasteiger charge is 2.33. The van der Waals surface area contributed by atoms with E-state index in [4.69, 9.17) is 11.6 Å². The molecule has 27 heavy (non-hydrogen) atoms. The van der Waals surface area contributed by atoms with Crippen LogP contribution in [0.3, 0.4) is 0 Å². The van der Waals surface area contributed by atoms with Gasteiger partial charge in [0.1, 0.15) is 0 Å². The Balaban J connectivity index is 1.63. The van der Waals surface area contributed by atoms with Gasteiger partial charge in [-0.2, -0.15) is 13.2 Å². The summed E-state index contributed by atoms with van der Waals surface area (Å²) in [6.07, 6.45) is 1.49. The second kappa shape index (κ2) is 7.92. The fraction of sp³-hybridized carbons (Fsp3) is 0.474. The third-order valence-electron chi connectivity index (χ3n) is 4.74. The van der Waals surface area contributed by atoms with E-state index in [9.17, 15) is 22.8 Å². The fourth-order valence-electron chi connectivity index (χ4n) is 3.07. The van der Waals surface area contributed by atoms with Gasteiger partial charge in [0.2, 0.25) is 11.8 Å². The molecule has 1 aliphatic heterocycles. The monoisotopic (exact) mass is 400 g/mol. The van der Waals surface area contributed by atoms with Crippen molar-refractivity contribution in [2.75, 3.05) is 13.1 Å². The van der Waals surface area contributed by atoms with E-state index in [2.05, 4.69) is 5.32 Å². The van der Waals surface area contributed by atoms with Crippen molar-refractivity contribution in [3.8, 4) is 0 Å². The summed E-state index contributed by atoms with van der Waals surface area (Å²) in [5.41, 5.74) is -0.700. The molecule has 1 aliphatic carbocycles. The van der Waals surface area contributed by atoms with E-state index in [0.29, 0.717) is 13.1 Å². The molecule has 0 spiro atoms. The Bertz CT molecular complexity index is 760. The van der Waals surface area contributed by atoms with Gasteiger partial charge in [-0.25, -0.2) is 0 Å². The molecule has 0 aromatic heterocycles. The number of nitrogens with one attached hydrogen (secondary N) is 1. The van der Waals surface area contributed by atoms with Gasteiger partial charge in [-0.05, 0) is 49.5 Å². The van der Waals surface area contributed by atoms with E-state index in [0.717, 1.165) is 37.8 Å². The molecule has 1 saturated carbocycles. The molecule has 0 radical (unpaired) electrons. The van der Waals surface area contributed by atoms with Crippen LogP contribution in [0.4, 0.5) is 13.2 Å². The maximum atomic E-state index is 12.9. The number of likely N-dealkylation sites (tertiary alicyclic amines) is 1. The van der Waals surface area contributed by atoms with Gasteiger partial charge in [-0.1, -0.05) is 17.7 Å². The van der Waals surface area contributed by atoms with Crippen molar-refractivity contribution in [1.82, 2.24) is 10.2 Å². The number of hydrogen-bond acceptors (Lipinski definition) is 2. The zero-order valence-corrected chi connectivity index (χ0v) is 15.3. The van der Waals surface area contributed by atoms with Gasteiger partial charge in [0.15, 0.2) is 0 Å². The average molecular weight is 401 g/mol. The predicted molar refractivity (Wildman–Crippen MR) is 96.0 cm³/mol. The minimum absolute atomic E-state index is 0.0218. The number of carbonyl (C=O) groups is 2. The molecule has 2 amide bonds. The van der Waals surface area contributed by atoms with Crippen LogP contribution in [-0.2, 0) is 15.8 Å². The van der Waals surface area contributed by atoms with Gasteiger partial charge >= 0.3 is 6.18 Å². The van der Waals surface area contributed by atoms with Crippen molar-refractivity contribution < 1.29 is 22.8 Å². The molecular weight excluding hydrogens is 381 g/mol. The number of carbonyl (C=O) groups excluding carboxylic acids is 2. The summed E-state index contributed by atoms with van der Waals surface area (Å²) >= 11 is 5.59. The first-order valence-electron chi connectivity index (χ1n) is 8.88. The van der Waals surface area contributed by atoms with Crippen LogP contribution in [0.15, 0.2) is 24.3 Å². The Hall–Kier alpha value is -2.02. The normalized spacial score (nSPS) is 20.7. The lowest BCUT2D eigenvalue weighted by molar-refractivity contribution is -0.137. The number of rotatable bonds is 4.